The van der Waals surface area contributed by atoms with Crippen LogP contribution in [0.4, 0.5) is 5.13 Å². The molecule has 2 aromatic rings. The Hall–Kier alpha value is -2.41. The molecule has 0 aliphatic heterocycles. The summed E-state index contributed by atoms with van der Waals surface area (Å²) in [5, 5.41) is 9.36. The minimum absolute atomic E-state index is 0.112. The van der Waals surface area contributed by atoms with Gasteiger partial charge in [0.1, 0.15) is 4.88 Å². The maximum absolute atomic E-state index is 11.2. The van der Waals surface area contributed by atoms with E-state index in [0.29, 0.717) is 11.3 Å². The van der Waals surface area contributed by atoms with E-state index in [1.807, 2.05) is 6.07 Å². The highest BCUT2D eigenvalue weighted by atomic mass is 32.1. The molecule has 2 rings (SSSR count). The zero-order valence-electron chi connectivity index (χ0n) is 9.20. The van der Waals surface area contributed by atoms with Crippen LogP contribution >= 0.6 is 11.3 Å². The van der Waals surface area contributed by atoms with E-state index in [1.165, 1.54) is 0 Å². The summed E-state index contributed by atoms with van der Waals surface area (Å²) in [6.07, 6.45) is 0. The van der Waals surface area contributed by atoms with Crippen molar-refractivity contribution >= 4 is 28.4 Å². The predicted octanol–water partition coefficient (Wildman–Crippen LogP) is 1.41. The van der Waals surface area contributed by atoms with E-state index < -0.39 is 5.97 Å². The summed E-state index contributed by atoms with van der Waals surface area (Å²) in [4.78, 5) is 19.2. The number of carboxylic acids is 1. The summed E-state index contributed by atoms with van der Waals surface area (Å²) in [7, 11) is 0. The molecule has 1 aromatic carbocycles. The molecule has 0 saturated heterocycles. The summed E-state index contributed by atoms with van der Waals surface area (Å²) in [6.45, 7) is 0. The number of aromatic nitrogens is 1. The first-order chi connectivity index (χ1) is 8.58. The smallest absolute Gasteiger partial charge is 0.348 e. The van der Waals surface area contributed by atoms with Crippen molar-refractivity contribution in [1.82, 2.24) is 4.98 Å². The molecule has 5 N–H and O–H groups in total. The quantitative estimate of drug-likeness (QED) is 0.571. The summed E-state index contributed by atoms with van der Waals surface area (Å²) in [6, 6.07) is 9.01. The summed E-state index contributed by atoms with van der Waals surface area (Å²) >= 11 is 0.933. The van der Waals surface area contributed by atoms with Crippen LogP contribution in [0.15, 0.2) is 35.3 Å². The molecule has 0 atom stereocenters. The zero-order chi connectivity index (χ0) is 13.1. The van der Waals surface area contributed by atoms with Crippen molar-refractivity contribution in [1.29, 1.82) is 0 Å². The van der Waals surface area contributed by atoms with Crippen LogP contribution < -0.4 is 11.5 Å². The van der Waals surface area contributed by atoms with Crippen LogP contribution in [0.5, 0.6) is 0 Å². The minimum Gasteiger partial charge on any atom is -0.477 e. The Morgan fingerprint density at radius 2 is 1.94 bits per heavy atom. The van der Waals surface area contributed by atoms with Crippen LogP contribution in [-0.2, 0) is 0 Å². The zero-order valence-corrected chi connectivity index (χ0v) is 10.0. The summed E-state index contributed by atoms with van der Waals surface area (Å²) in [5.74, 6) is -1.20. The number of nitrogens with two attached hydrogens (primary N) is 2. The number of rotatable bonds is 3. The van der Waals surface area contributed by atoms with Crippen molar-refractivity contribution in [2.75, 3.05) is 0 Å². The second-order valence-corrected chi connectivity index (χ2v) is 4.36. The van der Waals surface area contributed by atoms with Crippen molar-refractivity contribution in [2.45, 2.75) is 0 Å². The molecular formula is C11H10N4O2S. The molecule has 1 heterocycles. The van der Waals surface area contributed by atoms with Crippen molar-refractivity contribution < 1.29 is 9.90 Å². The maximum atomic E-state index is 11.2. The molecule has 0 amide bonds. The van der Waals surface area contributed by atoms with Gasteiger partial charge in [-0.1, -0.05) is 41.7 Å². The summed E-state index contributed by atoms with van der Waals surface area (Å²) < 4.78 is 0. The Bertz CT molecular complexity index is 603. The molecule has 0 saturated carbocycles. The standard InChI is InChI=1S/C11H10N4O2S/c12-10(13)15-11-14-7(8(18-11)9(16)17)6-4-2-1-3-5-6/h1-5H,(H,16,17)(H4,12,13,14,15). The first-order valence-electron chi connectivity index (χ1n) is 4.97. The molecule has 1 aromatic heterocycles. The van der Waals surface area contributed by atoms with Gasteiger partial charge >= 0.3 is 5.97 Å². The van der Waals surface area contributed by atoms with E-state index in [9.17, 15) is 4.79 Å². The lowest BCUT2D eigenvalue weighted by Gasteiger charge is -1.97. The molecule has 0 radical (unpaired) electrons. The van der Waals surface area contributed by atoms with Crippen LogP contribution in [0.1, 0.15) is 9.67 Å². The molecule has 0 bridgehead atoms. The number of thiazole rings is 1. The molecule has 0 spiro atoms. The highest BCUT2D eigenvalue weighted by Gasteiger charge is 2.18. The highest BCUT2D eigenvalue weighted by molar-refractivity contribution is 7.17. The second-order valence-electron chi connectivity index (χ2n) is 3.38. The van der Waals surface area contributed by atoms with Gasteiger partial charge in [-0.3, -0.25) is 0 Å². The Kier molecular flexibility index (Phi) is 3.24. The Balaban J connectivity index is 2.56. The SMILES string of the molecule is NC(N)=Nc1nc(-c2ccccc2)c(C(=O)O)s1. The lowest BCUT2D eigenvalue weighted by molar-refractivity contribution is 0.0702. The van der Waals surface area contributed by atoms with Gasteiger partial charge in [-0.15, -0.1) is 0 Å². The van der Waals surface area contributed by atoms with E-state index in [-0.39, 0.29) is 16.0 Å². The Morgan fingerprint density at radius 3 is 2.50 bits per heavy atom. The number of aliphatic imine (C=N–C) groups is 1. The van der Waals surface area contributed by atoms with Gasteiger partial charge in [0.15, 0.2) is 5.96 Å². The number of aromatic carboxylic acids is 1. The van der Waals surface area contributed by atoms with Crippen molar-refractivity contribution in [3.63, 3.8) is 0 Å². The topological polar surface area (TPSA) is 115 Å². The third-order valence-electron chi connectivity index (χ3n) is 2.08. The average molecular weight is 262 g/mol. The van der Waals surface area contributed by atoms with Crippen molar-refractivity contribution in [2.24, 2.45) is 16.5 Å². The van der Waals surface area contributed by atoms with Crippen molar-refractivity contribution in [3.05, 3.63) is 35.2 Å². The largest absolute Gasteiger partial charge is 0.477 e. The van der Waals surface area contributed by atoms with Gasteiger partial charge < -0.3 is 16.6 Å². The van der Waals surface area contributed by atoms with Gasteiger partial charge in [0, 0.05) is 5.56 Å². The number of hydrogen-bond donors (Lipinski definition) is 3. The van der Waals surface area contributed by atoms with Crippen LogP contribution in [0.2, 0.25) is 0 Å². The van der Waals surface area contributed by atoms with Gasteiger partial charge in [0.25, 0.3) is 0 Å². The van der Waals surface area contributed by atoms with Crippen LogP contribution in [0.3, 0.4) is 0 Å². The molecule has 0 aliphatic carbocycles. The number of carbonyl (C=O) groups is 1. The monoisotopic (exact) mass is 262 g/mol. The van der Waals surface area contributed by atoms with E-state index in [1.54, 1.807) is 24.3 Å². The molecule has 7 heteroatoms. The Morgan fingerprint density at radius 1 is 1.28 bits per heavy atom. The van der Waals surface area contributed by atoms with E-state index in [4.69, 9.17) is 16.6 Å². The Labute approximate surface area is 107 Å². The van der Waals surface area contributed by atoms with Gasteiger partial charge in [-0.25, -0.2) is 9.78 Å². The fourth-order valence-corrected chi connectivity index (χ4v) is 2.22. The molecule has 0 fully saturated rings. The minimum atomic E-state index is -1.05. The third kappa shape index (κ3) is 2.46. The molecule has 0 unspecified atom stereocenters. The fourth-order valence-electron chi connectivity index (χ4n) is 1.40. The first-order valence-corrected chi connectivity index (χ1v) is 5.78. The maximum Gasteiger partial charge on any atom is 0.348 e. The van der Waals surface area contributed by atoms with Crippen molar-refractivity contribution in [3.8, 4) is 11.3 Å². The number of nitrogens with zero attached hydrogens (tertiary/aromatic N) is 2. The molecule has 6 nitrogen and oxygen atoms in total. The van der Waals surface area contributed by atoms with Gasteiger partial charge in [-0.05, 0) is 0 Å². The van der Waals surface area contributed by atoms with Crippen LogP contribution in [0, 0.1) is 0 Å². The lowest BCUT2D eigenvalue weighted by atomic mass is 10.1. The second kappa shape index (κ2) is 4.84. The highest BCUT2D eigenvalue weighted by Crippen LogP contribution is 2.32. The van der Waals surface area contributed by atoms with Gasteiger partial charge in [0.2, 0.25) is 5.13 Å². The first kappa shape index (κ1) is 12.1. The lowest BCUT2D eigenvalue weighted by Crippen LogP contribution is -2.21. The molecule has 18 heavy (non-hydrogen) atoms. The normalized spacial score (nSPS) is 10.0. The molecular weight excluding hydrogens is 252 g/mol. The number of benzene rings is 1. The average Bonchev–Trinajstić information content (AvgIpc) is 2.73. The van der Waals surface area contributed by atoms with Crippen LogP contribution in [0.25, 0.3) is 11.3 Å². The van der Waals surface area contributed by atoms with Gasteiger partial charge in [0.05, 0.1) is 5.69 Å². The van der Waals surface area contributed by atoms with E-state index in [2.05, 4.69) is 9.98 Å². The number of guanidine groups is 1. The molecule has 0 aliphatic rings. The molecule has 92 valence electrons. The van der Waals surface area contributed by atoms with Gasteiger partial charge in [-0.2, -0.15) is 4.99 Å². The summed E-state index contributed by atoms with van der Waals surface area (Å²) in [5.41, 5.74) is 11.6. The number of carboxylic acid groups (broad SMARTS) is 1. The third-order valence-corrected chi connectivity index (χ3v) is 3.02. The van der Waals surface area contributed by atoms with E-state index >= 15 is 0 Å². The van der Waals surface area contributed by atoms with Crippen LogP contribution in [-0.4, -0.2) is 22.0 Å². The number of hydrogen-bond acceptors (Lipinski definition) is 4. The predicted molar refractivity (Wildman–Crippen MR) is 70.0 cm³/mol. The fraction of sp³-hybridized carbons (Fsp3) is 0. The van der Waals surface area contributed by atoms with E-state index in [0.717, 1.165) is 11.3 Å².